The summed E-state index contributed by atoms with van der Waals surface area (Å²) < 4.78 is 0. The van der Waals surface area contributed by atoms with Crippen molar-refractivity contribution in [3.63, 3.8) is 0 Å². The lowest BCUT2D eigenvalue weighted by atomic mass is 9.77. The summed E-state index contributed by atoms with van der Waals surface area (Å²) in [5.41, 5.74) is -0.398. The van der Waals surface area contributed by atoms with Gasteiger partial charge in [-0.1, -0.05) is 12.1 Å². The van der Waals surface area contributed by atoms with Gasteiger partial charge in [0.1, 0.15) is 5.54 Å². The van der Waals surface area contributed by atoms with E-state index >= 15 is 0 Å². The van der Waals surface area contributed by atoms with E-state index in [0.717, 1.165) is 11.3 Å². The SMILES string of the molecule is CSc1ccccc1NC(=O)NC1(C(=O)O)CCC1. The van der Waals surface area contributed by atoms with Crippen molar-refractivity contribution in [2.75, 3.05) is 11.6 Å². The van der Waals surface area contributed by atoms with Gasteiger partial charge in [-0.2, -0.15) is 0 Å². The molecule has 6 heteroatoms. The van der Waals surface area contributed by atoms with Gasteiger partial charge >= 0.3 is 12.0 Å². The number of urea groups is 1. The molecule has 2 rings (SSSR count). The summed E-state index contributed by atoms with van der Waals surface area (Å²) in [4.78, 5) is 24.0. The van der Waals surface area contributed by atoms with Crippen LogP contribution in [0.15, 0.2) is 29.2 Å². The van der Waals surface area contributed by atoms with Crippen molar-refractivity contribution in [1.82, 2.24) is 5.32 Å². The van der Waals surface area contributed by atoms with E-state index in [1.807, 2.05) is 24.5 Å². The molecular weight excluding hydrogens is 264 g/mol. The van der Waals surface area contributed by atoms with Crippen molar-refractivity contribution < 1.29 is 14.7 Å². The zero-order valence-corrected chi connectivity index (χ0v) is 11.4. The van der Waals surface area contributed by atoms with E-state index < -0.39 is 17.5 Å². The average Bonchev–Trinajstić information content (AvgIpc) is 2.34. The minimum atomic E-state index is -1.08. The fourth-order valence-electron chi connectivity index (χ4n) is 2.04. The molecule has 0 aliphatic heterocycles. The van der Waals surface area contributed by atoms with Gasteiger partial charge in [-0.05, 0) is 37.7 Å². The molecule has 0 heterocycles. The molecule has 102 valence electrons. The first kappa shape index (κ1) is 13.7. The Bertz CT molecular complexity index is 500. The van der Waals surface area contributed by atoms with Crippen molar-refractivity contribution >= 4 is 29.4 Å². The Kier molecular flexibility index (Phi) is 3.99. The smallest absolute Gasteiger partial charge is 0.329 e. The molecular formula is C13H16N2O3S. The molecule has 1 aromatic rings. The summed E-state index contributed by atoms with van der Waals surface area (Å²) in [6.07, 6.45) is 3.72. The van der Waals surface area contributed by atoms with Gasteiger partial charge in [0.15, 0.2) is 0 Å². The normalized spacial score (nSPS) is 16.3. The molecule has 1 fully saturated rings. The summed E-state index contributed by atoms with van der Waals surface area (Å²) in [5.74, 6) is -0.966. The third kappa shape index (κ3) is 2.84. The molecule has 19 heavy (non-hydrogen) atoms. The van der Waals surface area contributed by atoms with Crippen LogP contribution in [0.5, 0.6) is 0 Å². The Labute approximate surface area is 115 Å². The molecule has 1 aliphatic carbocycles. The number of thioether (sulfide) groups is 1. The van der Waals surface area contributed by atoms with Gasteiger partial charge in [-0.15, -0.1) is 11.8 Å². The highest BCUT2D eigenvalue weighted by Gasteiger charge is 2.45. The fourth-order valence-corrected chi connectivity index (χ4v) is 2.60. The number of hydrogen-bond donors (Lipinski definition) is 3. The molecule has 0 bridgehead atoms. The van der Waals surface area contributed by atoms with Gasteiger partial charge in [0.25, 0.3) is 0 Å². The number of aliphatic carboxylic acids is 1. The number of anilines is 1. The van der Waals surface area contributed by atoms with E-state index in [9.17, 15) is 9.59 Å². The fraction of sp³-hybridized carbons (Fsp3) is 0.385. The van der Waals surface area contributed by atoms with Crippen molar-refractivity contribution in [1.29, 1.82) is 0 Å². The average molecular weight is 280 g/mol. The van der Waals surface area contributed by atoms with Crippen LogP contribution in [-0.4, -0.2) is 28.9 Å². The quantitative estimate of drug-likeness (QED) is 0.741. The molecule has 0 unspecified atom stereocenters. The Morgan fingerprint density at radius 1 is 1.32 bits per heavy atom. The predicted molar refractivity (Wildman–Crippen MR) is 74.6 cm³/mol. The number of benzene rings is 1. The van der Waals surface area contributed by atoms with Crippen LogP contribution in [0.3, 0.4) is 0 Å². The molecule has 5 nitrogen and oxygen atoms in total. The number of carbonyl (C=O) groups excluding carboxylic acids is 1. The van der Waals surface area contributed by atoms with Gasteiger partial charge in [0.2, 0.25) is 0 Å². The molecule has 3 N–H and O–H groups in total. The van der Waals surface area contributed by atoms with Crippen molar-refractivity contribution in [2.24, 2.45) is 0 Å². The zero-order valence-electron chi connectivity index (χ0n) is 10.6. The number of carboxylic acid groups (broad SMARTS) is 1. The standard InChI is InChI=1S/C13H16N2O3S/c1-19-10-6-3-2-5-9(10)14-12(18)15-13(11(16)17)7-4-8-13/h2-3,5-6H,4,7-8H2,1H3,(H,16,17)(H2,14,15,18). The van der Waals surface area contributed by atoms with Crippen LogP contribution in [0.25, 0.3) is 0 Å². The first-order valence-electron chi connectivity index (χ1n) is 6.03. The Morgan fingerprint density at radius 2 is 2.00 bits per heavy atom. The number of rotatable bonds is 4. The molecule has 1 aromatic carbocycles. The zero-order chi connectivity index (χ0) is 13.9. The highest BCUT2D eigenvalue weighted by atomic mass is 32.2. The number of amides is 2. The van der Waals surface area contributed by atoms with Crippen molar-refractivity contribution in [2.45, 2.75) is 29.7 Å². The van der Waals surface area contributed by atoms with E-state index in [1.54, 1.807) is 6.07 Å². The number of para-hydroxylation sites is 1. The molecule has 1 aliphatic rings. The number of carbonyl (C=O) groups is 2. The lowest BCUT2D eigenvalue weighted by molar-refractivity contribution is -0.148. The maximum absolute atomic E-state index is 11.9. The number of carboxylic acids is 1. The molecule has 0 saturated heterocycles. The monoisotopic (exact) mass is 280 g/mol. The third-order valence-electron chi connectivity index (χ3n) is 3.32. The molecule has 2 amide bonds. The van der Waals surface area contributed by atoms with Gasteiger partial charge in [0, 0.05) is 4.90 Å². The summed E-state index contributed by atoms with van der Waals surface area (Å²) in [6.45, 7) is 0. The van der Waals surface area contributed by atoms with E-state index in [-0.39, 0.29) is 0 Å². The largest absolute Gasteiger partial charge is 0.480 e. The Hall–Kier alpha value is -1.69. The van der Waals surface area contributed by atoms with E-state index in [0.29, 0.717) is 18.5 Å². The molecule has 1 saturated carbocycles. The molecule has 0 spiro atoms. The van der Waals surface area contributed by atoms with Crippen molar-refractivity contribution in [3.8, 4) is 0 Å². The van der Waals surface area contributed by atoms with Gasteiger partial charge in [-0.3, -0.25) is 0 Å². The second-order valence-corrected chi connectivity index (χ2v) is 5.37. The molecule has 0 radical (unpaired) electrons. The lowest BCUT2D eigenvalue weighted by Gasteiger charge is -2.38. The van der Waals surface area contributed by atoms with Gasteiger partial charge in [-0.25, -0.2) is 9.59 Å². The van der Waals surface area contributed by atoms with Gasteiger partial charge in [0.05, 0.1) is 5.69 Å². The second kappa shape index (κ2) is 5.52. The van der Waals surface area contributed by atoms with Crippen LogP contribution < -0.4 is 10.6 Å². The summed E-state index contributed by atoms with van der Waals surface area (Å²) >= 11 is 1.52. The first-order valence-corrected chi connectivity index (χ1v) is 7.25. The lowest BCUT2D eigenvalue weighted by Crippen LogP contribution is -2.60. The maximum Gasteiger partial charge on any atom is 0.329 e. The van der Waals surface area contributed by atoms with Gasteiger partial charge < -0.3 is 15.7 Å². The number of hydrogen-bond acceptors (Lipinski definition) is 3. The van der Waals surface area contributed by atoms with E-state index in [2.05, 4.69) is 10.6 Å². The van der Waals surface area contributed by atoms with E-state index in [1.165, 1.54) is 11.8 Å². The van der Waals surface area contributed by atoms with E-state index in [4.69, 9.17) is 5.11 Å². The predicted octanol–water partition coefficient (Wildman–Crippen LogP) is 2.54. The highest BCUT2D eigenvalue weighted by Crippen LogP contribution is 2.32. The third-order valence-corrected chi connectivity index (χ3v) is 4.12. The highest BCUT2D eigenvalue weighted by molar-refractivity contribution is 7.98. The first-order chi connectivity index (χ1) is 9.07. The molecule has 0 aromatic heterocycles. The van der Waals surface area contributed by atoms with Crippen molar-refractivity contribution in [3.05, 3.63) is 24.3 Å². The van der Waals surface area contributed by atoms with Crippen LogP contribution in [0.2, 0.25) is 0 Å². The minimum absolute atomic E-state index is 0.469. The minimum Gasteiger partial charge on any atom is -0.480 e. The van der Waals surface area contributed by atoms with Crippen LogP contribution in [-0.2, 0) is 4.79 Å². The Balaban J connectivity index is 2.03. The van der Waals surface area contributed by atoms with Crippen LogP contribution in [0.1, 0.15) is 19.3 Å². The van der Waals surface area contributed by atoms with Crippen LogP contribution in [0.4, 0.5) is 10.5 Å². The number of nitrogens with one attached hydrogen (secondary N) is 2. The van der Waals surface area contributed by atoms with Crippen LogP contribution >= 0.6 is 11.8 Å². The molecule has 0 atom stereocenters. The van der Waals surface area contributed by atoms with Crippen LogP contribution in [0, 0.1) is 0 Å². The maximum atomic E-state index is 11.9. The second-order valence-electron chi connectivity index (χ2n) is 4.52. The Morgan fingerprint density at radius 3 is 2.53 bits per heavy atom. The summed E-state index contributed by atoms with van der Waals surface area (Å²) in [7, 11) is 0. The topological polar surface area (TPSA) is 78.4 Å². The summed E-state index contributed by atoms with van der Waals surface area (Å²) in [6, 6.07) is 6.94. The summed E-state index contributed by atoms with van der Waals surface area (Å²) in [5, 5.41) is 14.4.